The van der Waals surface area contributed by atoms with E-state index in [0.717, 1.165) is 18.2 Å². The predicted molar refractivity (Wildman–Crippen MR) is 50.6 cm³/mol. The van der Waals surface area contributed by atoms with Crippen LogP contribution in [-0.2, 0) is 9.53 Å². The van der Waals surface area contributed by atoms with Gasteiger partial charge in [-0.1, -0.05) is 15.9 Å². The van der Waals surface area contributed by atoms with Gasteiger partial charge in [-0.3, -0.25) is 0 Å². The summed E-state index contributed by atoms with van der Waals surface area (Å²) in [7, 11) is 0. The topological polar surface area (TPSA) is 38.7 Å². The predicted octanol–water partition coefficient (Wildman–Crippen LogP) is 1.90. The third-order valence-electron chi connectivity index (χ3n) is 1.64. The third kappa shape index (κ3) is 2.06. The molecule has 0 aromatic heterocycles. The zero-order chi connectivity index (χ0) is 9.19. The van der Waals surface area contributed by atoms with E-state index in [9.17, 15) is 4.79 Å². The van der Waals surface area contributed by atoms with E-state index >= 15 is 0 Å². The summed E-state index contributed by atoms with van der Waals surface area (Å²) in [4.78, 5) is 15.3. The number of esters is 1. The number of hydrogen-bond acceptors (Lipinski definition) is 3. The second kappa shape index (κ2) is 3.56. The highest BCUT2D eigenvalue weighted by molar-refractivity contribution is 9.09. The van der Waals surface area contributed by atoms with Gasteiger partial charge in [0, 0.05) is 11.8 Å². The van der Waals surface area contributed by atoms with E-state index in [1.165, 1.54) is 0 Å². The summed E-state index contributed by atoms with van der Waals surface area (Å²) in [6, 6.07) is 0. The zero-order valence-electron chi connectivity index (χ0n) is 7.26. The molecule has 0 amide bonds. The highest BCUT2D eigenvalue weighted by Gasteiger charge is 2.36. The van der Waals surface area contributed by atoms with Crippen LogP contribution in [-0.4, -0.2) is 22.7 Å². The van der Waals surface area contributed by atoms with Gasteiger partial charge in [0.05, 0.1) is 0 Å². The lowest BCUT2D eigenvalue weighted by atomic mass is 10.1. The average Bonchev–Trinajstić information content (AvgIpc) is 2.22. The maximum atomic E-state index is 11.1. The summed E-state index contributed by atoms with van der Waals surface area (Å²) < 4.78 is 4.97. The summed E-state index contributed by atoms with van der Waals surface area (Å²) in [6.45, 7) is 3.52. The van der Waals surface area contributed by atoms with E-state index in [-0.39, 0.29) is 5.97 Å². The van der Waals surface area contributed by atoms with Crippen LogP contribution in [0.15, 0.2) is 4.99 Å². The molecular formula is C8H12BrNO2. The van der Waals surface area contributed by atoms with Gasteiger partial charge < -0.3 is 4.74 Å². The van der Waals surface area contributed by atoms with Crippen LogP contribution >= 0.6 is 15.9 Å². The molecule has 0 aromatic carbocycles. The van der Waals surface area contributed by atoms with E-state index in [1.807, 2.05) is 0 Å². The van der Waals surface area contributed by atoms with Crippen molar-refractivity contribution in [2.75, 3.05) is 5.33 Å². The minimum absolute atomic E-state index is 0.243. The first-order valence-electron chi connectivity index (χ1n) is 3.93. The van der Waals surface area contributed by atoms with Crippen molar-refractivity contribution in [3.63, 3.8) is 0 Å². The molecule has 1 aliphatic heterocycles. The van der Waals surface area contributed by atoms with E-state index in [2.05, 4.69) is 20.9 Å². The molecule has 0 atom stereocenters. The molecule has 0 unspecified atom stereocenters. The first-order valence-corrected chi connectivity index (χ1v) is 5.05. The Morgan fingerprint density at radius 2 is 2.25 bits per heavy atom. The van der Waals surface area contributed by atoms with Crippen molar-refractivity contribution < 1.29 is 9.53 Å². The number of hydrogen-bond donors (Lipinski definition) is 0. The molecule has 1 heterocycles. The van der Waals surface area contributed by atoms with Crippen LogP contribution in [0.3, 0.4) is 0 Å². The maximum Gasteiger partial charge on any atom is 0.340 e. The number of carbonyl (C=O) groups is 1. The summed E-state index contributed by atoms with van der Waals surface area (Å²) in [5.74, 6) is 0.330. The number of rotatable bonds is 3. The fourth-order valence-corrected chi connectivity index (χ4v) is 1.22. The molecule has 3 nitrogen and oxygen atoms in total. The molecule has 0 saturated heterocycles. The molecule has 0 bridgehead atoms. The highest BCUT2D eigenvalue weighted by Crippen LogP contribution is 2.20. The number of ether oxygens (including phenoxy) is 1. The van der Waals surface area contributed by atoms with Crippen LogP contribution in [0.2, 0.25) is 0 Å². The van der Waals surface area contributed by atoms with Gasteiger partial charge in [-0.15, -0.1) is 0 Å². The quantitative estimate of drug-likeness (QED) is 0.552. The molecule has 0 aliphatic carbocycles. The monoisotopic (exact) mass is 233 g/mol. The molecule has 0 N–H and O–H groups in total. The number of cyclic esters (lactones) is 1. The smallest absolute Gasteiger partial charge is 0.340 e. The van der Waals surface area contributed by atoms with Crippen LogP contribution in [0.5, 0.6) is 0 Å². The lowest BCUT2D eigenvalue weighted by molar-refractivity contribution is -0.138. The van der Waals surface area contributed by atoms with Gasteiger partial charge in [0.15, 0.2) is 11.4 Å². The lowest BCUT2D eigenvalue weighted by Crippen LogP contribution is -2.25. The summed E-state index contributed by atoms with van der Waals surface area (Å²) in [6.07, 6.45) is 1.68. The van der Waals surface area contributed by atoms with Crippen LogP contribution < -0.4 is 0 Å². The van der Waals surface area contributed by atoms with Crippen LogP contribution in [0.4, 0.5) is 0 Å². The fourth-order valence-electron chi connectivity index (χ4n) is 0.937. The molecule has 0 radical (unpaired) electrons. The van der Waals surface area contributed by atoms with Gasteiger partial charge in [0.2, 0.25) is 0 Å². The summed E-state index contributed by atoms with van der Waals surface area (Å²) in [5, 5.41) is 0.907. The fraction of sp³-hybridized carbons (Fsp3) is 0.750. The average molecular weight is 234 g/mol. The third-order valence-corrected chi connectivity index (χ3v) is 2.20. The van der Waals surface area contributed by atoms with Crippen molar-refractivity contribution in [3.05, 3.63) is 0 Å². The van der Waals surface area contributed by atoms with E-state index in [1.54, 1.807) is 13.8 Å². The molecule has 12 heavy (non-hydrogen) atoms. The van der Waals surface area contributed by atoms with Crippen molar-refractivity contribution in [1.29, 1.82) is 0 Å². The van der Waals surface area contributed by atoms with Crippen molar-refractivity contribution in [3.8, 4) is 0 Å². The number of halogens is 1. The Morgan fingerprint density at radius 3 is 2.67 bits per heavy atom. The second-order valence-corrected chi connectivity index (χ2v) is 4.04. The van der Waals surface area contributed by atoms with E-state index in [0.29, 0.717) is 5.90 Å². The largest absolute Gasteiger partial charge is 0.410 e. The summed E-state index contributed by atoms with van der Waals surface area (Å²) in [5.41, 5.74) is -0.665. The van der Waals surface area contributed by atoms with E-state index < -0.39 is 5.54 Å². The minimum atomic E-state index is -0.665. The number of alkyl halides is 1. The van der Waals surface area contributed by atoms with Gasteiger partial charge >= 0.3 is 5.97 Å². The molecule has 1 rings (SSSR count). The SMILES string of the molecule is CC1(C)N=C(CCCBr)OC1=O. The Bertz CT molecular complexity index is 223. The first-order chi connectivity index (χ1) is 5.56. The van der Waals surface area contributed by atoms with Crippen molar-refractivity contribution in [2.45, 2.75) is 32.2 Å². The first kappa shape index (κ1) is 9.71. The molecule has 0 spiro atoms. The van der Waals surface area contributed by atoms with Crippen molar-refractivity contribution in [2.24, 2.45) is 4.99 Å². The zero-order valence-corrected chi connectivity index (χ0v) is 8.85. The Labute approximate surface area is 80.3 Å². The number of carbonyl (C=O) groups excluding carboxylic acids is 1. The Hall–Kier alpha value is -0.380. The molecule has 0 saturated carbocycles. The van der Waals surface area contributed by atoms with Crippen LogP contribution in [0.1, 0.15) is 26.7 Å². The minimum Gasteiger partial charge on any atom is -0.410 e. The standard InChI is InChI=1S/C8H12BrNO2/c1-8(2)7(11)12-6(10-8)4-3-5-9/h3-5H2,1-2H3. The van der Waals surface area contributed by atoms with Gasteiger partial charge in [-0.05, 0) is 20.3 Å². The normalized spacial score (nSPS) is 20.6. The number of nitrogens with zero attached hydrogens (tertiary/aromatic N) is 1. The van der Waals surface area contributed by atoms with Gasteiger partial charge in [0.25, 0.3) is 0 Å². The molecule has 4 heteroatoms. The second-order valence-electron chi connectivity index (χ2n) is 3.25. The van der Waals surface area contributed by atoms with E-state index in [4.69, 9.17) is 4.74 Å². The molecular weight excluding hydrogens is 222 g/mol. The van der Waals surface area contributed by atoms with Gasteiger partial charge in [-0.25, -0.2) is 9.79 Å². The van der Waals surface area contributed by atoms with Crippen LogP contribution in [0.25, 0.3) is 0 Å². The van der Waals surface area contributed by atoms with Crippen LogP contribution in [0, 0.1) is 0 Å². The molecule has 0 fully saturated rings. The molecule has 1 aliphatic rings. The Kier molecular flexibility index (Phi) is 2.88. The number of aliphatic imine (C=N–C) groups is 1. The Morgan fingerprint density at radius 1 is 1.58 bits per heavy atom. The molecule has 68 valence electrons. The highest BCUT2D eigenvalue weighted by atomic mass is 79.9. The maximum absolute atomic E-state index is 11.1. The summed E-state index contributed by atoms with van der Waals surface area (Å²) >= 11 is 3.30. The van der Waals surface area contributed by atoms with Gasteiger partial charge in [0.1, 0.15) is 0 Å². The molecule has 0 aromatic rings. The van der Waals surface area contributed by atoms with Crippen molar-refractivity contribution in [1.82, 2.24) is 0 Å². The van der Waals surface area contributed by atoms with Crippen molar-refractivity contribution >= 4 is 27.8 Å². The Balaban J connectivity index is 2.54. The van der Waals surface area contributed by atoms with Gasteiger partial charge in [-0.2, -0.15) is 0 Å². The lowest BCUT2D eigenvalue weighted by Gasteiger charge is -2.05.